The van der Waals surface area contributed by atoms with Crippen molar-refractivity contribution in [2.75, 3.05) is 12.4 Å². The van der Waals surface area contributed by atoms with Crippen LogP contribution >= 0.6 is 34.9 Å². The molecule has 13 heteroatoms. The molecule has 180 valence electrons. The minimum absolute atomic E-state index is 0.00109. The normalized spacial score (nSPS) is 10.8. The number of hydrogen-bond acceptors (Lipinski definition) is 10. The van der Waals surface area contributed by atoms with Gasteiger partial charge in [-0.05, 0) is 54.6 Å². The summed E-state index contributed by atoms with van der Waals surface area (Å²) in [6, 6.07) is 11.2. The van der Waals surface area contributed by atoms with Gasteiger partial charge in [0.2, 0.25) is 0 Å². The molecule has 2 N–H and O–H groups in total. The Morgan fingerprint density at radius 3 is 2.66 bits per heavy atom. The third kappa shape index (κ3) is 6.59. The first-order valence-electron chi connectivity index (χ1n) is 10.2. The lowest BCUT2D eigenvalue weighted by molar-refractivity contribution is -0.136. The highest BCUT2D eigenvalue weighted by Crippen LogP contribution is 2.34. The van der Waals surface area contributed by atoms with Gasteiger partial charge in [-0.2, -0.15) is 0 Å². The van der Waals surface area contributed by atoms with Gasteiger partial charge in [-0.1, -0.05) is 11.8 Å². The summed E-state index contributed by atoms with van der Waals surface area (Å²) in [4.78, 5) is 35.2. The number of pyridine rings is 1. The molecule has 3 heterocycles. The number of anilines is 1. The number of aryl methyl sites for hydroxylation is 2. The van der Waals surface area contributed by atoms with Crippen molar-refractivity contribution in [3.8, 4) is 5.75 Å². The number of ether oxygens (including phenoxy) is 1. The number of carbonyl (C=O) groups excluding carboxylic acids is 1. The number of methoxy groups -OCH3 is 1. The van der Waals surface area contributed by atoms with Crippen LogP contribution in [-0.2, 0) is 18.3 Å². The number of carboxylic acid groups (broad SMARTS) is 1. The van der Waals surface area contributed by atoms with Crippen molar-refractivity contribution in [3.05, 3.63) is 59.5 Å². The fraction of sp³-hybridized carbons (Fsp3) is 0.182. The molecule has 3 aromatic heterocycles. The molecule has 0 bridgehead atoms. The van der Waals surface area contributed by atoms with Crippen LogP contribution in [0.1, 0.15) is 21.8 Å². The number of hydrogen-bond donors (Lipinski definition) is 2. The highest BCUT2D eigenvalue weighted by molar-refractivity contribution is 7.99. The van der Waals surface area contributed by atoms with Crippen molar-refractivity contribution in [1.29, 1.82) is 0 Å². The summed E-state index contributed by atoms with van der Waals surface area (Å²) in [5, 5.41) is 21.2. The largest absolute Gasteiger partial charge is 0.497 e. The Morgan fingerprint density at radius 1 is 1.17 bits per heavy atom. The molecule has 0 aliphatic rings. The van der Waals surface area contributed by atoms with Gasteiger partial charge in [0, 0.05) is 27.9 Å². The lowest BCUT2D eigenvalue weighted by Gasteiger charge is -2.10. The van der Waals surface area contributed by atoms with E-state index in [9.17, 15) is 9.59 Å². The first-order valence-corrected chi connectivity index (χ1v) is 12.7. The monoisotopic (exact) mass is 528 g/mol. The van der Waals surface area contributed by atoms with Crippen LogP contribution < -0.4 is 10.1 Å². The van der Waals surface area contributed by atoms with Crippen LogP contribution in [0.4, 0.5) is 5.13 Å². The zero-order valence-electron chi connectivity index (χ0n) is 18.7. The first kappa shape index (κ1) is 24.7. The van der Waals surface area contributed by atoms with Crippen LogP contribution in [0.5, 0.6) is 5.75 Å². The number of aromatic nitrogens is 5. The van der Waals surface area contributed by atoms with Gasteiger partial charge in [0.25, 0.3) is 5.91 Å². The Labute approximate surface area is 213 Å². The Kier molecular flexibility index (Phi) is 8.00. The summed E-state index contributed by atoms with van der Waals surface area (Å²) in [5.41, 5.74) is 0.236. The van der Waals surface area contributed by atoms with E-state index in [2.05, 4.69) is 25.5 Å². The molecule has 0 fully saturated rings. The SMILES string of the molecule is COc1ccc(Sc2ccc(Sc3nncn3C)nc2C(=O)Nc2ncc(CCC(=O)O)s2)cc1. The van der Waals surface area contributed by atoms with Crippen molar-refractivity contribution >= 4 is 51.9 Å². The van der Waals surface area contributed by atoms with E-state index >= 15 is 0 Å². The summed E-state index contributed by atoms with van der Waals surface area (Å²) in [6.45, 7) is 0. The Balaban J connectivity index is 1.59. The van der Waals surface area contributed by atoms with Crippen molar-refractivity contribution in [2.24, 2.45) is 7.05 Å². The lowest BCUT2D eigenvalue weighted by Crippen LogP contribution is -2.15. The second-order valence-electron chi connectivity index (χ2n) is 7.08. The van der Waals surface area contributed by atoms with Gasteiger partial charge in [0.1, 0.15) is 22.8 Å². The maximum atomic E-state index is 13.2. The first-order chi connectivity index (χ1) is 16.9. The zero-order chi connectivity index (χ0) is 24.8. The molecule has 4 aromatic rings. The van der Waals surface area contributed by atoms with E-state index in [4.69, 9.17) is 9.84 Å². The minimum atomic E-state index is -0.884. The second kappa shape index (κ2) is 11.3. The number of amides is 1. The third-order valence-corrected chi connectivity index (χ3v) is 7.58. The Hall–Kier alpha value is -3.42. The smallest absolute Gasteiger partial charge is 0.303 e. The maximum absolute atomic E-state index is 13.2. The van der Waals surface area contributed by atoms with Crippen LogP contribution in [0.2, 0.25) is 0 Å². The van der Waals surface area contributed by atoms with E-state index in [1.54, 1.807) is 24.2 Å². The molecule has 0 unspecified atom stereocenters. The molecule has 0 saturated heterocycles. The lowest BCUT2D eigenvalue weighted by atomic mass is 10.3. The molecule has 0 radical (unpaired) electrons. The van der Waals surface area contributed by atoms with Gasteiger partial charge in [-0.15, -0.1) is 21.5 Å². The van der Waals surface area contributed by atoms with Crippen LogP contribution in [0.15, 0.2) is 68.9 Å². The number of nitrogens with zero attached hydrogens (tertiary/aromatic N) is 5. The van der Waals surface area contributed by atoms with E-state index in [1.807, 2.05) is 43.4 Å². The average Bonchev–Trinajstić information content (AvgIpc) is 3.47. The van der Waals surface area contributed by atoms with E-state index < -0.39 is 11.9 Å². The minimum Gasteiger partial charge on any atom is -0.497 e. The molecule has 4 rings (SSSR count). The van der Waals surface area contributed by atoms with Crippen LogP contribution in [-0.4, -0.2) is 48.8 Å². The standard InChI is InChI=1S/C22H20N6O4S3/c1-28-12-24-27-22(28)35-17-9-8-16(33-14-5-3-13(32-2)4-6-14)19(25-17)20(31)26-21-23-11-15(34-21)7-10-18(29)30/h3-6,8-9,11-12H,7,10H2,1-2H3,(H,29,30)(H,23,26,31). The molecule has 1 aromatic carbocycles. The predicted octanol–water partition coefficient (Wildman–Crippen LogP) is 4.25. The number of aliphatic carboxylic acids is 1. The molecular weight excluding hydrogens is 508 g/mol. The molecule has 1 amide bonds. The van der Waals surface area contributed by atoms with E-state index in [1.165, 1.54) is 34.9 Å². The number of rotatable bonds is 10. The molecular formula is C22H20N6O4S3. The van der Waals surface area contributed by atoms with Crippen molar-refractivity contribution in [1.82, 2.24) is 24.7 Å². The maximum Gasteiger partial charge on any atom is 0.303 e. The summed E-state index contributed by atoms with van der Waals surface area (Å²) < 4.78 is 6.98. The van der Waals surface area contributed by atoms with Crippen molar-refractivity contribution in [3.63, 3.8) is 0 Å². The number of thiazole rings is 1. The fourth-order valence-electron chi connectivity index (χ4n) is 2.83. The topological polar surface area (TPSA) is 132 Å². The molecule has 0 atom stereocenters. The number of carbonyl (C=O) groups is 2. The fourth-order valence-corrected chi connectivity index (χ4v) is 5.27. The molecule has 10 nitrogen and oxygen atoms in total. The van der Waals surface area contributed by atoms with Gasteiger partial charge < -0.3 is 14.4 Å². The summed E-state index contributed by atoms with van der Waals surface area (Å²) in [7, 11) is 3.43. The quantitative estimate of drug-likeness (QED) is 0.308. The van der Waals surface area contributed by atoms with Gasteiger partial charge >= 0.3 is 5.97 Å². The average molecular weight is 529 g/mol. The van der Waals surface area contributed by atoms with Gasteiger partial charge in [-0.25, -0.2) is 9.97 Å². The highest BCUT2D eigenvalue weighted by Gasteiger charge is 2.19. The molecule has 0 saturated carbocycles. The zero-order valence-corrected chi connectivity index (χ0v) is 21.1. The second-order valence-corrected chi connectivity index (χ2v) is 10.3. The predicted molar refractivity (Wildman–Crippen MR) is 133 cm³/mol. The van der Waals surface area contributed by atoms with E-state index in [0.29, 0.717) is 26.6 Å². The number of benzene rings is 1. The van der Waals surface area contributed by atoms with E-state index in [0.717, 1.165) is 15.5 Å². The number of nitrogens with one attached hydrogen (secondary N) is 1. The molecule has 0 aliphatic carbocycles. The van der Waals surface area contributed by atoms with Gasteiger partial charge in [0.05, 0.1) is 13.5 Å². The van der Waals surface area contributed by atoms with Gasteiger partial charge in [-0.3, -0.25) is 14.9 Å². The summed E-state index contributed by atoms with van der Waals surface area (Å²) in [5.74, 6) is -0.561. The number of carboxylic acids is 1. The Morgan fingerprint density at radius 2 is 1.97 bits per heavy atom. The molecule has 0 aliphatic heterocycles. The van der Waals surface area contributed by atoms with Crippen LogP contribution in [0.25, 0.3) is 0 Å². The summed E-state index contributed by atoms with van der Waals surface area (Å²) in [6.07, 6.45) is 3.52. The molecule has 35 heavy (non-hydrogen) atoms. The van der Waals surface area contributed by atoms with Gasteiger partial charge in [0.15, 0.2) is 10.3 Å². The van der Waals surface area contributed by atoms with Crippen LogP contribution in [0, 0.1) is 0 Å². The molecule has 0 spiro atoms. The third-order valence-electron chi connectivity index (χ3n) is 4.56. The van der Waals surface area contributed by atoms with Crippen molar-refractivity contribution < 1.29 is 19.4 Å². The van der Waals surface area contributed by atoms with Crippen molar-refractivity contribution in [2.45, 2.75) is 32.8 Å². The van der Waals surface area contributed by atoms with E-state index in [-0.39, 0.29) is 12.1 Å². The summed E-state index contributed by atoms with van der Waals surface area (Å²) >= 11 is 3.94. The highest BCUT2D eigenvalue weighted by atomic mass is 32.2. The van der Waals surface area contributed by atoms with Crippen LogP contribution in [0.3, 0.4) is 0 Å². The Bertz CT molecular complexity index is 1340.